The smallest absolute Gasteiger partial charge is 0.416 e. The molecule has 2 aliphatic rings. The molecule has 1 aromatic carbocycles. The molecule has 0 aromatic heterocycles. The van der Waals surface area contributed by atoms with Gasteiger partial charge in [-0.05, 0) is 24.3 Å². The van der Waals surface area contributed by atoms with E-state index in [9.17, 15) is 14.7 Å². The number of aliphatic hydroxyl groups is 1. The Morgan fingerprint density at radius 1 is 1.30 bits per heavy atom. The van der Waals surface area contributed by atoms with Crippen LogP contribution in [-0.4, -0.2) is 41.3 Å². The zero-order valence-corrected chi connectivity index (χ0v) is 13.2. The Bertz CT molecular complexity index is 555. The molecule has 1 aromatic rings. The van der Waals surface area contributed by atoms with E-state index in [4.69, 9.17) is 4.74 Å². The van der Waals surface area contributed by atoms with Gasteiger partial charge in [-0.2, -0.15) is 0 Å². The van der Waals surface area contributed by atoms with E-state index in [0.29, 0.717) is 18.8 Å². The van der Waals surface area contributed by atoms with E-state index in [0.717, 1.165) is 18.4 Å². The molecule has 124 valence electrons. The molecule has 1 saturated heterocycles. The van der Waals surface area contributed by atoms with Crippen LogP contribution < -0.4 is 0 Å². The number of benzene rings is 1. The Morgan fingerprint density at radius 3 is 2.65 bits per heavy atom. The predicted molar refractivity (Wildman–Crippen MR) is 84.7 cm³/mol. The van der Waals surface area contributed by atoms with E-state index in [1.807, 2.05) is 30.3 Å². The monoisotopic (exact) mass is 317 g/mol. The van der Waals surface area contributed by atoms with E-state index >= 15 is 0 Å². The molecule has 5 nitrogen and oxygen atoms in total. The van der Waals surface area contributed by atoms with Crippen molar-refractivity contribution >= 4 is 12.0 Å². The van der Waals surface area contributed by atoms with Gasteiger partial charge in [0.1, 0.15) is 6.61 Å². The topological polar surface area (TPSA) is 66.8 Å². The minimum Gasteiger partial charge on any atom is -0.447 e. The third-order valence-electron chi connectivity index (χ3n) is 4.92. The summed E-state index contributed by atoms with van der Waals surface area (Å²) in [6.07, 6.45) is 4.09. The minimum absolute atomic E-state index is 0.211. The van der Waals surface area contributed by atoms with Crippen LogP contribution in [0.1, 0.15) is 31.2 Å². The molecule has 1 saturated carbocycles. The van der Waals surface area contributed by atoms with Gasteiger partial charge in [-0.3, -0.25) is 4.79 Å². The first kappa shape index (κ1) is 16.0. The first-order valence-corrected chi connectivity index (χ1v) is 8.33. The number of hydrogen-bond acceptors (Lipinski definition) is 4. The molecule has 0 radical (unpaired) electrons. The van der Waals surface area contributed by atoms with Crippen LogP contribution in [-0.2, 0) is 16.0 Å². The first-order chi connectivity index (χ1) is 11.2. The SMILES string of the molecule is O=C1OC[C@@H](Cc2ccccc2)N1C(=O)C(CO)CC1CCC1. The van der Waals surface area contributed by atoms with E-state index in [1.54, 1.807) is 0 Å². The molecule has 1 unspecified atom stereocenters. The number of nitrogens with zero attached hydrogens (tertiary/aromatic N) is 1. The average Bonchev–Trinajstić information content (AvgIpc) is 2.87. The second kappa shape index (κ2) is 7.13. The van der Waals surface area contributed by atoms with Crippen LogP contribution in [0.2, 0.25) is 0 Å². The standard InChI is InChI=1S/C18H23NO4/c20-11-15(9-13-7-4-8-13)17(21)19-16(12-23-18(19)22)10-14-5-2-1-3-6-14/h1-3,5-6,13,15-16,20H,4,7-12H2/t15?,16-/m1/s1. The van der Waals surface area contributed by atoms with Crippen LogP contribution in [0, 0.1) is 11.8 Å². The summed E-state index contributed by atoms with van der Waals surface area (Å²) in [5.41, 5.74) is 1.06. The number of cyclic esters (lactones) is 1. The average molecular weight is 317 g/mol. The number of rotatable bonds is 6. The van der Waals surface area contributed by atoms with Crippen molar-refractivity contribution in [2.75, 3.05) is 13.2 Å². The van der Waals surface area contributed by atoms with Gasteiger partial charge in [0.05, 0.1) is 18.6 Å². The normalized spacial score (nSPS) is 22.6. The third-order valence-corrected chi connectivity index (χ3v) is 4.92. The molecule has 2 atom stereocenters. The van der Waals surface area contributed by atoms with Crippen molar-refractivity contribution in [1.82, 2.24) is 4.90 Å². The van der Waals surface area contributed by atoms with Gasteiger partial charge in [0.2, 0.25) is 5.91 Å². The summed E-state index contributed by atoms with van der Waals surface area (Å²) in [5.74, 6) is -0.283. The number of aliphatic hydroxyl groups excluding tert-OH is 1. The van der Waals surface area contributed by atoms with E-state index in [-0.39, 0.29) is 25.2 Å². The van der Waals surface area contributed by atoms with Gasteiger partial charge in [-0.25, -0.2) is 9.69 Å². The number of ether oxygens (including phenoxy) is 1. The molecule has 0 bridgehead atoms. The van der Waals surface area contributed by atoms with Gasteiger partial charge in [-0.15, -0.1) is 0 Å². The maximum atomic E-state index is 12.7. The Kier molecular flexibility index (Phi) is 4.96. The molecular formula is C18H23NO4. The molecule has 2 fully saturated rings. The summed E-state index contributed by atoms with van der Waals surface area (Å²) >= 11 is 0. The van der Waals surface area contributed by atoms with E-state index < -0.39 is 12.0 Å². The second-order valence-electron chi connectivity index (χ2n) is 6.54. The zero-order chi connectivity index (χ0) is 16.2. The Hall–Kier alpha value is -1.88. The first-order valence-electron chi connectivity index (χ1n) is 8.33. The summed E-state index contributed by atoms with van der Waals surface area (Å²) < 4.78 is 5.10. The third kappa shape index (κ3) is 3.55. The lowest BCUT2D eigenvalue weighted by Crippen LogP contribution is -2.45. The fourth-order valence-corrected chi connectivity index (χ4v) is 3.35. The van der Waals surface area contributed by atoms with Crippen molar-refractivity contribution in [3.63, 3.8) is 0 Å². The van der Waals surface area contributed by atoms with Crippen LogP contribution in [0.5, 0.6) is 0 Å². The quantitative estimate of drug-likeness (QED) is 0.875. The molecule has 23 heavy (non-hydrogen) atoms. The van der Waals surface area contributed by atoms with Crippen molar-refractivity contribution in [2.45, 2.75) is 38.1 Å². The summed E-state index contributed by atoms with van der Waals surface area (Å²) in [7, 11) is 0. The van der Waals surface area contributed by atoms with Crippen LogP contribution in [0.4, 0.5) is 4.79 Å². The Morgan fingerprint density at radius 2 is 2.04 bits per heavy atom. The van der Waals surface area contributed by atoms with Crippen molar-refractivity contribution < 1.29 is 19.4 Å². The lowest BCUT2D eigenvalue weighted by atomic mass is 9.79. The zero-order valence-electron chi connectivity index (χ0n) is 13.2. The predicted octanol–water partition coefficient (Wildman–Crippen LogP) is 2.38. The fraction of sp³-hybridized carbons (Fsp3) is 0.556. The van der Waals surface area contributed by atoms with Gasteiger partial charge in [0.15, 0.2) is 0 Å². The lowest BCUT2D eigenvalue weighted by Gasteiger charge is -2.30. The van der Waals surface area contributed by atoms with Crippen LogP contribution in [0.3, 0.4) is 0 Å². The van der Waals surface area contributed by atoms with E-state index in [1.165, 1.54) is 11.3 Å². The lowest BCUT2D eigenvalue weighted by molar-refractivity contribution is -0.135. The molecule has 3 rings (SSSR count). The highest BCUT2D eigenvalue weighted by molar-refractivity contribution is 5.94. The van der Waals surface area contributed by atoms with Gasteiger partial charge < -0.3 is 9.84 Å². The number of hydrogen-bond donors (Lipinski definition) is 1. The maximum Gasteiger partial charge on any atom is 0.416 e. The van der Waals surface area contributed by atoms with Crippen LogP contribution in [0.15, 0.2) is 30.3 Å². The number of imide groups is 1. The van der Waals surface area contributed by atoms with Gasteiger partial charge in [0, 0.05) is 0 Å². The molecule has 1 heterocycles. The molecular weight excluding hydrogens is 294 g/mol. The number of carbonyl (C=O) groups excluding carboxylic acids is 2. The molecule has 1 N–H and O–H groups in total. The van der Waals surface area contributed by atoms with E-state index in [2.05, 4.69) is 0 Å². The van der Waals surface area contributed by atoms with Crippen LogP contribution in [0.25, 0.3) is 0 Å². The van der Waals surface area contributed by atoms with Crippen molar-refractivity contribution in [1.29, 1.82) is 0 Å². The maximum absolute atomic E-state index is 12.7. The number of amides is 2. The summed E-state index contributed by atoms with van der Waals surface area (Å²) in [6, 6.07) is 9.47. The molecule has 1 aliphatic carbocycles. The second-order valence-corrected chi connectivity index (χ2v) is 6.54. The van der Waals surface area contributed by atoms with Crippen molar-refractivity contribution in [3.05, 3.63) is 35.9 Å². The largest absolute Gasteiger partial charge is 0.447 e. The Balaban J connectivity index is 1.69. The van der Waals surface area contributed by atoms with Gasteiger partial charge in [-0.1, -0.05) is 49.6 Å². The Labute approximate surface area is 136 Å². The molecule has 5 heteroatoms. The number of carbonyl (C=O) groups is 2. The fourth-order valence-electron chi connectivity index (χ4n) is 3.35. The summed E-state index contributed by atoms with van der Waals surface area (Å²) in [5, 5.41) is 9.59. The minimum atomic E-state index is -0.581. The van der Waals surface area contributed by atoms with Crippen LogP contribution >= 0.6 is 0 Å². The molecule has 0 spiro atoms. The highest BCUT2D eigenvalue weighted by Gasteiger charge is 2.41. The summed E-state index contributed by atoms with van der Waals surface area (Å²) in [4.78, 5) is 26.0. The molecule has 1 aliphatic heterocycles. The highest BCUT2D eigenvalue weighted by atomic mass is 16.6. The van der Waals surface area contributed by atoms with Gasteiger partial charge in [0.25, 0.3) is 0 Å². The van der Waals surface area contributed by atoms with Crippen molar-refractivity contribution in [3.8, 4) is 0 Å². The van der Waals surface area contributed by atoms with Crippen molar-refractivity contribution in [2.24, 2.45) is 11.8 Å². The van der Waals surface area contributed by atoms with Gasteiger partial charge >= 0.3 is 6.09 Å². The molecule has 2 amide bonds. The highest BCUT2D eigenvalue weighted by Crippen LogP contribution is 2.33. The summed E-state index contributed by atoms with van der Waals surface area (Å²) in [6.45, 7) is 0.0121.